The Bertz CT molecular complexity index is 434. The molecule has 0 radical (unpaired) electrons. The molecule has 1 aromatic carbocycles. The number of benzene rings is 1. The SMILES string of the molecule is COC(=O)CCC(C#N)(c1ccccc1)C(C)C. The Morgan fingerprint density at radius 2 is 2.00 bits per heavy atom. The largest absolute Gasteiger partial charge is 0.469 e. The van der Waals surface area contributed by atoms with Crippen molar-refractivity contribution in [2.45, 2.75) is 32.1 Å². The molecule has 96 valence electrons. The third-order valence-electron chi connectivity index (χ3n) is 3.43. The molecule has 0 aromatic heterocycles. The summed E-state index contributed by atoms with van der Waals surface area (Å²) in [7, 11) is 1.37. The summed E-state index contributed by atoms with van der Waals surface area (Å²) in [5.41, 5.74) is 0.335. The average molecular weight is 245 g/mol. The summed E-state index contributed by atoms with van der Waals surface area (Å²) in [6.45, 7) is 4.01. The standard InChI is InChI=1S/C15H19NO2/c1-12(2)15(11-16,10-9-14(17)18-3)13-7-5-4-6-8-13/h4-8,12H,9-10H2,1-3H3. The van der Waals surface area contributed by atoms with E-state index in [9.17, 15) is 10.1 Å². The number of nitriles is 1. The number of carbonyl (C=O) groups excluding carboxylic acids is 1. The number of ether oxygens (including phenoxy) is 1. The summed E-state index contributed by atoms with van der Waals surface area (Å²) < 4.78 is 4.66. The molecule has 1 rings (SSSR count). The fourth-order valence-electron chi connectivity index (χ4n) is 2.15. The maximum atomic E-state index is 11.3. The number of hydrogen-bond acceptors (Lipinski definition) is 3. The molecule has 18 heavy (non-hydrogen) atoms. The molecule has 3 nitrogen and oxygen atoms in total. The lowest BCUT2D eigenvalue weighted by molar-refractivity contribution is -0.141. The van der Waals surface area contributed by atoms with Gasteiger partial charge in [0.15, 0.2) is 0 Å². The second-order valence-corrected chi connectivity index (χ2v) is 4.68. The van der Waals surface area contributed by atoms with Crippen LogP contribution in [0.2, 0.25) is 0 Å². The van der Waals surface area contributed by atoms with Gasteiger partial charge in [-0.2, -0.15) is 5.26 Å². The van der Waals surface area contributed by atoms with Gasteiger partial charge in [0.25, 0.3) is 0 Å². The van der Waals surface area contributed by atoms with E-state index in [1.54, 1.807) is 0 Å². The van der Waals surface area contributed by atoms with E-state index in [4.69, 9.17) is 0 Å². The van der Waals surface area contributed by atoms with Gasteiger partial charge in [-0.3, -0.25) is 4.79 Å². The fraction of sp³-hybridized carbons (Fsp3) is 0.467. The molecule has 0 fully saturated rings. The summed E-state index contributed by atoms with van der Waals surface area (Å²) in [5.74, 6) is -0.138. The molecule has 0 spiro atoms. The van der Waals surface area contributed by atoms with Crippen molar-refractivity contribution >= 4 is 5.97 Å². The molecule has 1 atom stereocenters. The Kier molecular flexibility index (Phi) is 4.91. The Morgan fingerprint density at radius 3 is 2.44 bits per heavy atom. The number of rotatable bonds is 5. The topological polar surface area (TPSA) is 50.1 Å². The lowest BCUT2D eigenvalue weighted by Crippen LogP contribution is -2.31. The van der Waals surface area contributed by atoms with Crippen molar-refractivity contribution in [3.8, 4) is 6.07 Å². The lowest BCUT2D eigenvalue weighted by atomic mass is 9.70. The maximum absolute atomic E-state index is 11.3. The molecule has 0 N–H and O–H groups in total. The van der Waals surface area contributed by atoms with Crippen LogP contribution in [0, 0.1) is 17.2 Å². The zero-order valence-corrected chi connectivity index (χ0v) is 11.1. The fourth-order valence-corrected chi connectivity index (χ4v) is 2.15. The highest BCUT2D eigenvalue weighted by molar-refractivity contribution is 5.69. The van der Waals surface area contributed by atoms with Crippen LogP contribution in [0.3, 0.4) is 0 Å². The van der Waals surface area contributed by atoms with Crippen LogP contribution in [0.25, 0.3) is 0 Å². The monoisotopic (exact) mass is 245 g/mol. The Morgan fingerprint density at radius 1 is 1.39 bits per heavy atom. The van der Waals surface area contributed by atoms with Gasteiger partial charge in [0.05, 0.1) is 18.6 Å². The molecule has 0 saturated carbocycles. The van der Waals surface area contributed by atoms with Crippen LogP contribution < -0.4 is 0 Å². The molecule has 0 amide bonds. The van der Waals surface area contributed by atoms with Crippen molar-refractivity contribution in [3.63, 3.8) is 0 Å². The van der Waals surface area contributed by atoms with E-state index < -0.39 is 5.41 Å². The first-order valence-electron chi connectivity index (χ1n) is 6.10. The predicted octanol–water partition coefficient (Wildman–Crippen LogP) is 3.06. The highest BCUT2D eigenvalue weighted by Crippen LogP contribution is 2.36. The minimum absolute atomic E-state index is 0.134. The third kappa shape index (κ3) is 2.89. The smallest absolute Gasteiger partial charge is 0.305 e. The molecular weight excluding hydrogens is 226 g/mol. The second kappa shape index (κ2) is 6.20. The summed E-state index contributed by atoms with van der Waals surface area (Å²) >= 11 is 0. The zero-order valence-electron chi connectivity index (χ0n) is 11.1. The van der Waals surface area contributed by atoms with Crippen LogP contribution in [0.5, 0.6) is 0 Å². The molecule has 0 aliphatic rings. The first-order valence-corrected chi connectivity index (χ1v) is 6.10. The number of methoxy groups -OCH3 is 1. The third-order valence-corrected chi connectivity index (χ3v) is 3.43. The lowest BCUT2D eigenvalue weighted by Gasteiger charge is -2.31. The summed E-state index contributed by atoms with van der Waals surface area (Å²) in [6, 6.07) is 12.1. The zero-order chi connectivity index (χ0) is 13.6. The number of hydrogen-bond donors (Lipinski definition) is 0. The van der Waals surface area contributed by atoms with E-state index in [0.717, 1.165) is 5.56 Å². The molecule has 3 heteroatoms. The Labute approximate surface area is 108 Å². The minimum atomic E-state index is -0.630. The number of esters is 1. The highest BCUT2D eigenvalue weighted by atomic mass is 16.5. The van der Waals surface area contributed by atoms with E-state index in [1.807, 2.05) is 44.2 Å². The van der Waals surface area contributed by atoms with Gasteiger partial charge in [0.2, 0.25) is 0 Å². The van der Waals surface area contributed by atoms with Gasteiger partial charge >= 0.3 is 5.97 Å². The van der Waals surface area contributed by atoms with Crippen molar-refractivity contribution < 1.29 is 9.53 Å². The van der Waals surface area contributed by atoms with Gasteiger partial charge in [-0.15, -0.1) is 0 Å². The van der Waals surface area contributed by atoms with Crippen molar-refractivity contribution in [2.75, 3.05) is 7.11 Å². The second-order valence-electron chi connectivity index (χ2n) is 4.68. The van der Waals surface area contributed by atoms with Gasteiger partial charge in [-0.25, -0.2) is 0 Å². The normalized spacial score (nSPS) is 13.7. The number of nitrogens with zero attached hydrogens (tertiary/aromatic N) is 1. The molecule has 1 unspecified atom stereocenters. The van der Waals surface area contributed by atoms with E-state index in [0.29, 0.717) is 6.42 Å². The van der Waals surface area contributed by atoms with E-state index in [2.05, 4.69) is 10.8 Å². The molecule has 0 heterocycles. The van der Waals surface area contributed by atoms with E-state index in [-0.39, 0.29) is 18.3 Å². The molecule has 1 aromatic rings. The van der Waals surface area contributed by atoms with Crippen LogP contribution in [-0.4, -0.2) is 13.1 Å². The molecular formula is C15H19NO2. The summed E-state index contributed by atoms with van der Waals surface area (Å²) in [6.07, 6.45) is 0.745. The average Bonchev–Trinajstić information content (AvgIpc) is 2.40. The van der Waals surface area contributed by atoms with E-state index in [1.165, 1.54) is 7.11 Å². The molecule has 0 aliphatic carbocycles. The predicted molar refractivity (Wildman–Crippen MR) is 69.8 cm³/mol. The first kappa shape index (κ1) is 14.2. The molecule has 0 saturated heterocycles. The minimum Gasteiger partial charge on any atom is -0.469 e. The van der Waals surface area contributed by atoms with Gasteiger partial charge in [-0.1, -0.05) is 44.2 Å². The van der Waals surface area contributed by atoms with Crippen LogP contribution in [0.4, 0.5) is 0 Å². The van der Waals surface area contributed by atoms with Gasteiger partial charge in [0.1, 0.15) is 0 Å². The Balaban J connectivity index is 3.04. The van der Waals surface area contributed by atoms with Crippen LogP contribution in [0.1, 0.15) is 32.3 Å². The van der Waals surface area contributed by atoms with Crippen molar-refractivity contribution in [2.24, 2.45) is 5.92 Å². The maximum Gasteiger partial charge on any atom is 0.305 e. The van der Waals surface area contributed by atoms with Gasteiger partial charge in [0, 0.05) is 6.42 Å². The highest BCUT2D eigenvalue weighted by Gasteiger charge is 2.36. The first-order chi connectivity index (χ1) is 8.56. The quantitative estimate of drug-likeness (QED) is 0.749. The Hall–Kier alpha value is -1.82. The van der Waals surface area contributed by atoms with Gasteiger partial charge in [-0.05, 0) is 17.9 Å². The van der Waals surface area contributed by atoms with Crippen LogP contribution in [-0.2, 0) is 14.9 Å². The van der Waals surface area contributed by atoms with Crippen molar-refractivity contribution in [1.29, 1.82) is 5.26 Å². The van der Waals surface area contributed by atoms with Crippen molar-refractivity contribution in [3.05, 3.63) is 35.9 Å². The molecule has 0 bridgehead atoms. The van der Waals surface area contributed by atoms with Crippen LogP contribution in [0.15, 0.2) is 30.3 Å². The molecule has 0 aliphatic heterocycles. The summed E-state index contributed by atoms with van der Waals surface area (Å²) in [4.78, 5) is 11.3. The van der Waals surface area contributed by atoms with Crippen molar-refractivity contribution in [1.82, 2.24) is 0 Å². The van der Waals surface area contributed by atoms with Crippen LogP contribution >= 0.6 is 0 Å². The van der Waals surface area contributed by atoms with Gasteiger partial charge < -0.3 is 4.74 Å². The van der Waals surface area contributed by atoms with E-state index >= 15 is 0 Å². The summed E-state index contributed by atoms with van der Waals surface area (Å²) in [5, 5.41) is 9.58. The number of carbonyl (C=O) groups is 1.